The molecule has 0 aliphatic carbocycles. The Bertz CT molecular complexity index is 716. The third kappa shape index (κ3) is 4.45. The highest BCUT2D eigenvalue weighted by molar-refractivity contribution is 5.86. The lowest BCUT2D eigenvalue weighted by Crippen LogP contribution is -2.57. The number of hydrogen-bond acceptors (Lipinski definition) is 5. The van der Waals surface area contributed by atoms with Crippen LogP contribution in [0.2, 0.25) is 0 Å². The zero-order chi connectivity index (χ0) is 18.4. The van der Waals surface area contributed by atoms with E-state index in [1.165, 1.54) is 0 Å². The number of nitrogens with one attached hydrogen (secondary N) is 1. The number of ether oxygens (including phenoxy) is 1. The Balaban J connectivity index is 1.55. The number of carbonyl (C=O) groups excluding carboxylic acids is 1. The first-order valence-corrected chi connectivity index (χ1v) is 8.98. The molecule has 1 saturated heterocycles. The van der Waals surface area contributed by atoms with Crippen LogP contribution in [0.1, 0.15) is 24.2 Å². The molecule has 26 heavy (non-hydrogen) atoms. The van der Waals surface area contributed by atoms with E-state index in [0.717, 1.165) is 29.9 Å². The second-order valence-electron chi connectivity index (χ2n) is 6.72. The van der Waals surface area contributed by atoms with E-state index < -0.39 is 5.60 Å². The monoisotopic (exact) mass is 358 g/mol. The van der Waals surface area contributed by atoms with Gasteiger partial charge >= 0.3 is 0 Å². The highest BCUT2D eigenvalue weighted by atomic mass is 16.5. The lowest BCUT2D eigenvalue weighted by atomic mass is 9.91. The van der Waals surface area contributed by atoms with Crippen molar-refractivity contribution >= 4 is 5.91 Å². The second-order valence-corrected chi connectivity index (χ2v) is 6.72. The summed E-state index contributed by atoms with van der Waals surface area (Å²) in [5, 5.41) is 14.0. The Hall–Kier alpha value is -2.31. The van der Waals surface area contributed by atoms with Crippen molar-refractivity contribution in [2.24, 2.45) is 0 Å². The topological polar surface area (TPSA) is 74.9 Å². The molecule has 0 bridgehead atoms. The van der Waals surface area contributed by atoms with E-state index in [0.29, 0.717) is 26.1 Å². The van der Waals surface area contributed by atoms with Crippen LogP contribution in [-0.4, -0.2) is 48.3 Å². The zero-order valence-corrected chi connectivity index (χ0v) is 15.1. The summed E-state index contributed by atoms with van der Waals surface area (Å²) in [6, 6.07) is 11.4. The predicted molar refractivity (Wildman–Crippen MR) is 97.9 cm³/mol. The number of aliphatic hydroxyl groups is 1. The first kappa shape index (κ1) is 18.5. The molecular formula is C20H26N2O4. The number of benzene rings is 1. The summed E-state index contributed by atoms with van der Waals surface area (Å²) >= 11 is 0. The van der Waals surface area contributed by atoms with E-state index in [1.807, 2.05) is 36.4 Å². The molecule has 0 spiro atoms. The van der Waals surface area contributed by atoms with Gasteiger partial charge in [-0.15, -0.1) is 0 Å². The molecule has 1 aromatic carbocycles. The fourth-order valence-corrected chi connectivity index (χ4v) is 3.33. The van der Waals surface area contributed by atoms with Crippen LogP contribution in [0.4, 0.5) is 0 Å². The number of amides is 1. The molecule has 6 nitrogen and oxygen atoms in total. The van der Waals surface area contributed by atoms with Gasteiger partial charge < -0.3 is 24.5 Å². The first-order valence-electron chi connectivity index (χ1n) is 8.98. The Morgan fingerprint density at radius 2 is 2.23 bits per heavy atom. The van der Waals surface area contributed by atoms with Crippen LogP contribution < -0.4 is 10.1 Å². The normalized spacial score (nSPS) is 20.4. The van der Waals surface area contributed by atoms with Crippen LogP contribution in [0.3, 0.4) is 0 Å². The molecule has 1 fully saturated rings. The van der Waals surface area contributed by atoms with Crippen molar-refractivity contribution in [3.8, 4) is 5.75 Å². The molecule has 140 valence electrons. The molecule has 1 atom stereocenters. The molecule has 6 heteroatoms. The molecule has 1 aliphatic heterocycles. The van der Waals surface area contributed by atoms with Gasteiger partial charge in [0, 0.05) is 32.6 Å². The van der Waals surface area contributed by atoms with Gasteiger partial charge in [0.05, 0.1) is 13.4 Å². The van der Waals surface area contributed by atoms with Crippen molar-refractivity contribution in [3.63, 3.8) is 0 Å². The van der Waals surface area contributed by atoms with Gasteiger partial charge in [-0.3, -0.25) is 4.79 Å². The van der Waals surface area contributed by atoms with Crippen LogP contribution >= 0.6 is 0 Å². The second kappa shape index (κ2) is 8.38. The smallest absolute Gasteiger partial charge is 0.256 e. The maximum atomic E-state index is 12.8. The largest absolute Gasteiger partial charge is 0.497 e. The molecule has 2 aromatic rings. The van der Waals surface area contributed by atoms with Crippen LogP contribution in [0.25, 0.3) is 0 Å². The highest BCUT2D eigenvalue weighted by Crippen LogP contribution is 2.24. The van der Waals surface area contributed by atoms with E-state index in [9.17, 15) is 9.90 Å². The fraction of sp³-hybridized carbons (Fsp3) is 0.450. The van der Waals surface area contributed by atoms with Crippen LogP contribution in [0.15, 0.2) is 47.1 Å². The average Bonchev–Trinajstić information content (AvgIpc) is 3.17. The summed E-state index contributed by atoms with van der Waals surface area (Å²) < 4.78 is 10.5. The Morgan fingerprint density at radius 1 is 1.35 bits per heavy atom. The third-order valence-electron chi connectivity index (χ3n) is 4.76. The maximum Gasteiger partial charge on any atom is 0.256 e. The van der Waals surface area contributed by atoms with Gasteiger partial charge in [0.15, 0.2) is 5.60 Å². The van der Waals surface area contributed by atoms with E-state index in [4.69, 9.17) is 9.15 Å². The van der Waals surface area contributed by atoms with Gasteiger partial charge in [-0.25, -0.2) is 0 Å². The van der Waals surface area contributed by atoms with E-state index in [1.54, 1.807) is 18.3 Å². The molecule has 0 saturated carbocycles. The minimum atomic E-state index is -1.35. The number of carbonyl (C=O) groups is 1. The average molecular weight is 358 g/mol. The summed E-state index contributed by atoms with van der Waals surface area (Å²) in [6.07, 6.45) is 3.63. The maximum absolute atomic E-state index is 12.8. The zero-order valence-electron chi connectivity index (χ0n) is 15.1. The van der Waals surface area contributed by atoms with Crippen molar-refractivity contribution in [2.75, 3.05) is 26.7 Å². The highest BCUT2D eigenvalue weighted by Gasteiger charge is 2.41. The number of hydrogen-bond donors (Lipinski definition) is 2. The molecule has 1 aliphatic rings. The number of methoxy groups -OCH3 is 1. The van der Waals surface area contributed by atoms with Crippen molar-refractivity contribution in [1.82, 2.24) is 10.2 Å². The van der Waals surface area contributed by atoms with E-state index in [-0.39, 0.29) is 12.5 Å². The van der Waals surface area contributed by atoms with Gasteiger partial charge in [0.25, 0.3) is 5.91 Å². The summed E-state index contributed by atoms with van der Waals surface area (Å²) in [5.41, 5.74) is -0.354. The summed E-state index contributed by atoms with van der Waals surface area (Å²) in [7, 11) is 1.62. The summed E-state index contributed by atoms with van der Waals surface area (Å²) in [4.78, 5) is 14.5. The van der Waals surface area contributed by atoms with Crippen molar-refractivity contribution < 1.29 is 19.1 Å². The standard InChI is InChI=1S/C20H26N2O4/c1-25-18-6-2-5-16(13-18)14-22-11-4-9-20(24,19(22)23)15-21-10-8-17-7-3-12-26-17/h2-3,5-7,12-13,21,24H,4,8-11,14-15H2,1H3/t20-/m0/s1. The number of rotatable bonds is 8. The minimum absolute atomic E-state index is 0.211. The molecule has 2 heterocycles. The van der Waals surface area contributed by atoms with Gasteiger partial charge in [0.2, 0.25) is 0 Å². The van der Waals surface area contributed by atoms with Crippen molar-refractivity contribution in [3.05, 3.63) is 54.0 Å². The Morgan fingerprint density at radius 3 is 3.00 bits per heavy atom. The van der Waals surface area contributed by atoms with Crippen molar-refractivity contribution in [1.29, 1.82) is 0 Å². The predicted octanol–water partition coefficient (Wildman–Crippen LogP) is 1.97. The van der Waals surface area contributed by atoms with Gasteiger partial charge in [-0.05, 0) is 42.7 Å². The van der Waals surface area contributed by atoms with Crippen LogP contribution in [-0.2, 0) is 17.8 Å². The van der Waals surface area contributed by atoms with Gasteiger partial charge in [-0.2, -0.15) is 0 Å². The quantitative estimate of drug-likeness (QED) is 0.706. The van der Waals surface area contributed by atoms with Crippen LogP contribution in [0.5, 0.6) is 5.75 Å². The minimum Gasteiger partial charge on any atom is -0.497 e. The number of furan rings is 1. The number of piperidine rings is 1. The Kier molecular flexibility index (Phi) is 5.96. The molecule has 0 radical (unpaired) electrons. The van der Waals surface area contributed by atoms with Gasteiger partial charge in [-0.1, -0.05) is 12.1 Å². The van der Waals surface area contributed by atoms with Crippen LogP contribution in [0, 0.1) is 0 Å². The lowest BCUT2D eigenvalue weighted by molar-refractivity contribution is -0.157. The molecule has 2 N–H and O–H groups in total. The summed E-state index contributed by atoms with van der Waals surface area (Å²) in [5.74, 6) is 1.44. The molecule has 1 amide bonds. The number of likely N-dealkylation sites (tertiary alicyclic amines) is 1. The molecular weight excluding hydrogens is 332 g/mol. The summed E-state index contributed by atoms with van der Waals surface area (Å²) in [6.45, 7) is 2.04. The molecule has 1 aromatic heterocycles. The van der Waals surface area contributed by atoms with E-state index >= 15 is 0 Å². The van der Waals surface area contributed by atoms with Gasteiger partial charge in [0.1, 0.15) is 11.5 Å². The lowest BCUT2D eigenvalue weighted by Gasteiger charge is -2.38. The molecule has 3 rings (SSSR count). The SMILES string of the molecule is COc1cccc(CN2CCC[C@](O)(CNCCc3ccco3)C2=O)c1. The Labute approximate surface area is 153 Å². The first-order chi connectivity index (χ1) is 12.6. The van der Waals surface area contributed by atoms with Crippen molar-refractivity contribution in [2.45, 2.75) is 31.4 Å². The molecule has 0 unspecified atom stereocenters. The third-order valence-corrected chi connectivity index (χ3v) is 4.76. The number of nitrogens with zero attached hydrogens (tertiary/aromatic N) is 1. The van der Waals surface area contributed by atoms with E-state index in [2.05, 4.69) is 5.32 Å². The fourth-order valence-electron chi connectivity index (χ4n) is 3.33.